The number of halogens is 1. The van der Waals surface area contributed by atoms with Crippen LogP contribution in [0.15, 0.2) is 48.7 Å². The first-order chi connectivity index (χ1) is 12.7. The standard InChI is InChI=1S/C21H18FN3O/c22-14-5-6-19-17(10-14)16-7-8-25(12-20(16)24-19)21(26)9-13-11-23-18-4-2-1-3-15(13)18/h1-6,10-11,23-24H,7-9,12H2. The second kappa shape index (κ2) is 5.73. The summed E-state index contributed by atoms with van der Waals surface area (Å²) in [5.74, 6) is -0.109. The van der Waals surface area contributed by atoms with Gasteiger partial charge in [0.05, 0.1) is 13.0 Å². The summed E-state index contributed by atoms with van der Waals surface area (Å²) in [6.07, 6.45) is 3.05. The number of carbonyl (C=O) groups is 1. The van der Waals surface area contributed by atoms with Gasteiger partial charge in [0.15, 0.2) is 0 Å². The minimum absolute atomic E-state index is 0.116. The van der Waals surface area contributed by atoms with Crippen molar-refractivity contribution < 1.29 is 9.18 Å². The number of carbonyl (C=O) groups excluding carboxylic acids is 1. The Labute approximate surface area is 149 Å². The number of fused-ring (bicyclic) bond motifs is 4. The normalized spacial score (nSPS) is 14.1. The van der Waals surface area contributed by atoms with Gasteiger partial charge in [0, 0.05) is 40.2 Å². The van der Waals surface area contributed by atoms with Crippen molar-refractivity contribution in [3.05, 3.63) is 71.3 Å². The third-order valence-corrected chi connectivity index (χ3v) is 5.31. The lowest BCUT2D eigenvalue weighted by Crippen LogP contribution is -2.36. The van der Waals surface area contributed by atoms with Crippen molar-refractivity contribution in [2.24, 2.45) is 0 Å². The summed E-state index contributed by atoms with van der Waals surface area (Å²) >= 11 is 0. The van der Waals surface area contributed by atoms with Gasteiger partial charge in [-0.05, 0) is 41.8 Å². The van der Waals surface area contributed by atoms with E-state index in [0.29, 0.717) is 19.5 Å². The largest absolute Gasteiger partial charge is 0.361 e. The molecule has 0 radical (unpaired) electrons. The van der Waals surface area contributed by atoms with E-state index in [4.69, 9.17) is 0 Å². The molecule has 2 N–H and O–H groups in total. The molecule has 5 heteroatoms. The van der Waals surface area contributed by atoms with Crippen molar-refractivity contribution >= 4 is 27.7 Å². The molecule has 26 heavy (non-hydrogen) atoms. The van der Waals surface area contributed by atoms with Crippen molar-refractivity contribution in [1.29, 1.82) is 0 Å². The Kier molecular flexibility index (Phi) is 3.35. The highest BCUT2D eigenvalue weighted by atomic mass is 19.1. The first kappa shape index (κ1) is 15.2. The van der Waals surface area contributed by atoms with Crippen molar-refractivity contribution in [3.63, 3.8) is 0 Å². The molecule has 0 saturated carbocycles. The number of nitrogens with one attached hydrogen (secondary N) is 2. The summed E-state index contributed by atoms with van der Waals surface area (Å²) in [4.78, 5) is 21.3. The van der Waals surface area contributed by atoms with Crippen molar-refractivity contribution in [1.82, 2.24) is 14.9 Å². The monoisotopic (exact) mass is 347 g/mol. The molecule has 0 bridgehead atoms. The van der Waals surface area contributed by atoms with Crippen LogP contribution in [0.1, 0.15) is 16.8 Å². The second-order valence-corrected chi connectivity index (χ2v) is 6.87. The molecule has 4 nitrogen and oxygen atoms in total. The van der Waals surface area contributed by atoms with E-state index in [0.717, 1.165) is 45.0 Å². The van der Waals surface area contributed by atoms with Crippen LogP contribution in [0.3, 0.4) is 0 Å². The average molecular weight is 347 g/mol. The van der Waals surface area contributed by atoms with Gasteiger partial charge in [-0.1, -0.05) is 18.2 Å². The van der Waals surface area contributed by atoms with Crippen LogP contribution in [0, 0.1) is 5.82 Å². The molecule has 0 unspecified atom stereocenters. The Balaban J connectivity index is 1.40. The van der Waals surface area contributed by atoms with Crippen LogP contribution in [0.4, 0.5) is 4.39 Å². The Hall–Kier alpha value is -3.08. The van der Waals surface area contributed by atoms with Gasteiger partial charge < -0.3 is 14.9 Å². The molecule has 1 aliphatic rings. The smallest absolute Gasteiger partial charge is 0.227 e. The predicted octanol–water partition coefficient (Wildman–Crippen LogP) is 3.92. The highest BCUT2D eigenvalue weighted by Gasteiger charge is 2.24. The molecule has 0 aliphatic carbocycles. The molecule has 0 saturated heterocycles. The molecule has 0 fully saturated rings. The topological polar surface area (TPSA) is 51.9 Å². The quantitative estimate of drug-likeness (QED) is 0.567. The fourth-order valence-corrected chi connectivity index (χ4v) is 3.98. The molecule has 4 aromatic rings. The summed E-state index contributed by atoms with van der Waals surface area (Å²) in [6, 6.07) is 12.8. The number of hydrogen-bond donors (Lipinski definition) is 2. The van der Waals surface area contributed by atoms with E-state index in [1.54, 1.807) is 12.1 Å². The molecule has 3 heterocycles. The third-order valence-electron chi connectivity index (χ3n) is 5.31. The lowest BCUT2D eigenvalue weighted by atomic mass is 10.0. The van der Waals surface area contributed by atoms with Gasteiger partial charge in [0.2, 0.25) is 5.91 Å². The number of nitrogens with zero attached hydrogens (tertiary/aromatic N) is 1. The maximum atomic E-state index is 13.5. The number of rotatable bonds is 2. The SMILES string of the molecule is O=C(Cc1c[nH]c2ccccc12)N1CCc2c([nH]c3ccc(F)cc23)C1. The first-order valence-electron chi connectivity index (χ1n) is 8.81. The van der Waals surface area contributed by atoms with Gasteiger partial charge in [0.1, 0.15) is 5.82 Å². The Morgan fingerprint density at radius 3 is 2.92 bits per heavy atom. The zero-order valence-corrected chi connectivity index (χ0v) is 14.2. The van der Waals surface area contributed by atoms with Gasteiger partial charge in [-0.25, -0.2) is 4.39 Å². The molecular weight excluding hydrogens is 329 g/mol. The summed E-state index contributed by atoms with van der Waals surface area (Å²) < 4.78 is 13.5. The molecule has 1 amide bonds. The van der Waals surface area contributed by atoms with Crippen LogP contribution in [0.25, 0.3) is 21.8 Å². The number of hydrogen-bond acceptors (Lipinski definition) is 1. The minimum atomic E-state index is -0.225. The van der Waals surface area contributed by atoms with Crippen LogP contribution in [0.2, 0.25) is 0 Å². The van der Waals surface area contributed by atoms with Gasteiger partial charge >= 0.3 is 0 Å². The Morgan fingerprint density at radius 2 is 2.00 bits per heavy atom. The molecule has 2 aromatic carbocycles. The van der Waals surface area contributed by atoms with Gasteiger partial charge in [0.25, 0.3) is 0 Å². The zero-order valence-electron chi connectivity index (χ0n) is 14.2. The number of amides is 1. The number of benzene rings is 2. The minimum Gasteiger partial charge on any atom is -0.361 e. The number of para-hydroxylation sites is 1. The fraction of sp³-hybridized carbons (Fsp3) is 0.190. The van der Waals surface area contributed by atoms with Gasteiger partial charge in [-0.3, -0.25) is 4.79 Å². The summed E-state index contributed by atoms with van der Waals surface area (Å²) in [6.45, 7) is 1.21. The van der Waals surface area contributed by atoms with E-state index < -0.39 is 0 Å². The van der Waals surface area contributed by atoms with Crippen LogP contribution < -0.4 is 0 Å². The Morgan fingerprint density at radius 1 is 1.12 bits per heavy atom. The van der Waals surface area contributed by atoms with E-state index in [1.807, 2.05) is 35.4 Å². The van der Waals surface area contributed by atoms with Gasteiger partial charge in [-0.2, -0.15) is 0 Å². The Bertz CT molecular complexity index is 1140. The van der Waals surface area contributed by atoms with Crippen molar-refractivity contribution in [3.8, 4) is 0 Å². The summed E-state index contributed by atoms with van der Waals surface area (Å²) in [5, 5.41) is 2.03. The van der Waals surface area contributed by atoms with Crippen LogP contribution in [-0.4, -0.2) is 27.3 Å². The molecule has 130 valence electrons. The molecule has 0 atom stereocenters. The molecule has 2 aromatic heterocycles. The predicted molar refractivity (Wildman–Crippen MR) is 99.4 cm³/mol. The number of aromatic nitrogens is 2. The highest BCUT2D eigenvalue weighted by molar-refractivity contribution is 5.89. The number of H-pyrrole nitrogens is 2. The van der Waals surface area contributed by atoms with Crippen molar-refractivity contribution in [2.75, 3.05) is 6.54 Å². The first-order valence-corrected chi connectivity index (χ1v) is 8.81. The maximum absolute atomic E-state index is 13.5. The number of aromatic amines is 2. The maximum Gasteiger partial charge on any atom is 0.227 e. The van der Waals surface area contributed by atoms with E-state index in [9.17, 15) is 9.18 Å². The van der Waals surface area contributed by atoms with Gasteiger partial charge in [-0.15, -0.1) is 0 Å². The third kappa shape index (κ3) is 2.39. The van der Waals surface area contributed by atoms with Crippen LogP contribution in [0.5, 0.6) is 0 Å². The molecular formula is C21H18FN3O. The van der Waals surface area contributed by atoms with Crippen LogP contribution >= 0.6 is 0 Å². The molecule has 1 aliphatic heterocycles. The molecule has 0 spiro atoms. The highest BCUT2D eigenvalue weighted by Crippen LogP contribution is 2.28. The van der Waals surface area contributed by atoms with Crippen molar-refractivity contribution in [2.45, 2.75) is 19.4 Å². The lowest BCUT2D eigenvalue weighted by molar-refractivity contribution is -0.131. The lowest BCUT2D eigenvalue weighted by Gasteiger charge is -2.27. The van der Waals surface area contributed by atoms with E-state index in [-0.39, 0.29) is 11.7 Å². The average Bonchev–Trinajstić information content (AvgIpc) is 3.22. The summed E-state index contributed by atoms with van der Waals surface area (Å²) in [7, 11) is 0. The fourth-order valence-electron chi connectivity index (χ4n) is 3.98. The molecule has 5 rings (SSSR count). The van der Waals surface area contributed by atoms with Crippen LogP contribution in [-0.2, 0) is 24.2 Å². The van der Waals surface area contributed by atoms with E-state index in [2.05, 4.69) is 9.97 Å². The zero-order chi connectivity index (χ0) is 17.7. The van der Waals surface area contributed by atoms with E-state index >= 15 is 0 Å². The summed E-state index contributed by atoms with van der Waals surface area (Å²) in [5.41, 5.74) is 5.16. The van der Waals surface area contributed by atoms with E-state index in [1.165, 1.54) is 6.07 Å². The second-order valence-electron chi connectivity index (χ2n) is 6.87.